The standard InChI is InChI=1S/C24H40O2Si2/c1-20(2)28(21(3)4,22(5)6)19-17-24(26-8)14-12-23(25-7,13-15-24)16-18-27(9,10)11/h12-15,20-22H,1-11H3. The second-order valence-corrected chi connectivity index (χ2v) is 20.1. The lowest BCUT2D eigenvalue weighted by molar-refractivity contribution is 0.0954. The summed E-state index contributed by atoms with van der Waals surface area (Å²) in [5.41, 5.74) is 7.58. The van der Waals surface area contributed by atoms with Crippen molar-refractivity contribution in [2.45, 2.75) is 89.0 Å². The summed E-state index contributed by atoms with van der Waals surface area (Å²) in [6, 6.07) is 0. The van der Waals surface area contributed by atoms with E-state index < -0.39 is 27.3 Å². The van der Waals surface area contributed by atoms with Crippen LogP contribution in [0.2, 0.25) is 36.3 Å². The molecule has 1 aliphatic rings. The fourth-order valence-electron chi connectivity index (χ4n) is 4.07. The fourth-order valence-corrected chi connectivity index (χ4v) is 9.92. The molecule has 0 saturated heterocycles. The van der Waals surface area contributed by atoms with Crippen LogP contribution < -0.4 is 0 Å². The van der Waals surface area contributed by atoms with E-state index in [0.717, 1.165) is 0 Å². The molecule has 2 nitrogen and oxygen atoms in total. The Bertz CT molecular complexity index is 680. The highest BCUT2D eigenvalue weighted by molar-refractivity contribution is 6.90. The van der Waals surface area contributed by atoms with Crippen LogP contribution in [-0.4, -0.2) is 41.6 Å². The van der Waals surface area contributed by atoms with Crippen LogP contribution in [0.3, 0.4) is 0 Å². The Hall–Kier alpha value is -1.05. The lowest BCUT2D eigenvalue weighted by Gasteiger charge is -2.38. The largest absolute Gasteiger partial charge is 0.358 e. The third kappa shape index (κ3) is 5.51. The summed E-state index contributed by atoms with van der Waals surface area (Å²) in [6.07, 6.45) is 8.04. The molecule has 0 saturated carbocycles. The Morgan fingerprint density at radius 1 is 0.643 bits per heavy atom. The average molecular weight is 417 g/mol. The highest BCUT2D eigenvalue weighted by Gasteiger charge is 2.42. The predicted molar refractivity (Wildman–Crippen MR) is 128 cm³/mol. The lowest BCUT2D eigenvalue weighted by Crippen LogP contribution is -2.44. The smallest absolute Gasteiger partial charge is 0.165 e. The van der Waals surface area contributed by atoms with Gasteiger partial charge in [0.05, 0.1) is 0 Å². The maximum atomic E-state index is 5.88. The Balaban J connectivity index is 3.38. The molecule has 0 unspecified atom stereocenters. The van der Waals surface area contributed by atoms with Gasteiger partial charge in [0.1, 0.15) is 16.1 Å². The summed E-state index contributed by atoms with van der Waals surface area (Å²) >= 11 is 0. The van der Waals surface area contributed by atoms with Crippen molar-refractivity contribution >= 4 is 16.1 Å². The van der Waals surface area contributed by atoms with Crippen LogP contribution >= 0.6 is 0 Å². The van der Waals surface area contributed by atoms with Crippen molar-refractivity contribution in [2.24, 2.45) is 0 Å². The van der Waals surface area contributed by atoms with Gasteiger partial charge >= 0.3 is 0 Å². The molecule has 0 fully saturated rings. The summed E-state index contributed by atoms with van der Waals surface area (Å²) in [7, 11) is 0.114. The van der Waals surface area contributed by atoms with E-state index in [4.69, 9.17) is 9.47 Å². The molecule has 0 spiro atoms. The van der Waals surface area contributed by atoms with Gasteiger partial charge in [0.25, 0.3) is 0 Å². The summed E-state index contributed by atoms with van der Waals surface area (Å²) in [6.45, 7) is 20.7. The van der Waals surface area contributed by atoms with E-state index in [0.29, 0.717) is 16.6 Å². The first kappa shape index (κ1) is 25.0. The number of methoxy groups -OCH3 is 2. The van der Waals surface area contributed by atoms with Gasteiger partial charge in [-0.2, -0.15) is 0 Å². The van der Waals surface area contributed by atoms with Crippen molar-refractivity contribution in [3.05, 3.63) is 24.3 Å². The Morgan fingerprint density at radius 3 is 1.21 bits per heavy atom. The van der Waals surface area contributed by atoms with Gasteiger partial charge in [-0.1, -0.05) is 73.0 Å². The molecule has 0 bridgehead atoms. The summed E-state index contributed by atoms with van der Waals surface area (Å²) in [5, 5.41) is 0. The van der Waals surface area contributed by atoms with Gasteiger partial charge in [-0.15, -0.1) is 11.1 Å². The second kappa shape index (κ2) is 9.18. The minimum atomic E-state index is -1.82. The Morgan fingerprint density at radius 2 is 0.964 bits per heavy atom. The van der Waals surface area contributed by atoms with Crippen LogP contribution in [0.5, 0.6) is 0 Å². The SMILES string of the molecule is COC1(C#C[Si](C)(C)C)C=CC(C#C[Si](C(C)C)(C(C)C)C(C)C)(OC)C=C1. The molecule has 0 aliphatic heterocycles. The van der Waals surface area contributed by atoms with E-state index >= 15 is 0 Å². The van der Waals surface area contributed by atoms with E-state index in [9.17, 15) is 0 Å². The molecule has 0 atom stereocenters. The summed E-state index contributed by atoms with van der Waals surface area (Å²) < 4.78 is 11.6. The third-order valence-corrected chi connectivity index (χ3v) is 13.0. The highest BCUT2D eigenvalue weighted by Crippen LogP contribution is 2.41. The van der Waals surface area contributed by atoms with Crippen molar-refractivity contribution in [3.63, 3.8) is 0 Å². The van der Waals surface area contributed by atoms with Crippen LogP contribution in [0.4, 0.5) is 0 Å². The van der Waals surface area contributed by atoms with Crippen LogP contribution in [-0.2, 0) is 9.47 Å². The lowest BCUT2D eigenvalue weighted by atomic mass is 9.90. The molecule has 156 valence electrons. The van der Waals surface area contributed by atoms with Gasteiger partial charge in [-0.05, 0) is 40.9 Å². The topological polar surface area (TPSA) is 18.5 Å². The quantitative estimate of drug-likeness (QED) is 0.311. The van der Waals surface area contributed by atoms with Crippen molar-refractivity contribution < 1.29 is 9.47 Å². The number of hydrogen-bond donors (Lipinski definition) is 0. The zero-order valence-electron chi connectivity index (χ0n) is 19.9. The molecule has 1 rings (SSSR count). The van der Waals surface area contributed by atoms with Crippen molar-refractivity contribution in [2.75, 3.05) is 14.2 Å². The number of hydrogen-bond acceptors (Lipinski definition) is 2. The Kier molecular flexibility index (Phi) is 8.20. The predicted octanol–water partition coefficient (Wildman–Crippen LogP) is 5.99. The average Bonchev–Trinajstić information content (AvgIpc) is 2.60. The van der Waals surface area contributed by atoms with E-state index in [1.54, 1.807) is 14.2 Å². The zero-order valence-corrected chi connectivity index (χ0v) is 21.9. The van der Waals surface area contributed by atoms with Crippen molar-refractivity contribution in [3.8, 4) is 22.9 Å². The van der Waals surface area contributed by atoms with Crippen LogP contribution in [0.25, 0.3) is 0 Å². The molecule has 0 aromatic carbocycles. The van der Waals surface area contributed by atoms with Crippen LogP contribution in [0.15, 0.2) is 24.3 Å². The van der Waals surface area contributed by atoms with Gasteiger partial charge in [-0.3, -0.25) is 0 Å². The number of ether oxygens (including phenoxy) is 2. The van der Waals surface area contributed by atoms with E-state index in [2.05, 4.69) is 84.1 Å². The fraction of sp³-hybridized carbons (Fsp3) is 0.667. The molecule has 0 aromatic rings. The monoisotopic (exact) mass is 416 g/mol. The van der Waals surface area contributed by atoms with Crippen LogP contribution in [0.1, 0.15) is 41.5 Å². The van der Waals surface area contributed by atoms with Gasteiger partial charge in [-0.25, -0.2) is 0 Å². The van der Waals surface area contributed by atoms with Crippen LogP contribution in [0, 0.1) is 22.9 Å². The molecule has 0 N–H and O–H groups in total. The first-order chi connectivity index (χ1) is 12.8. The van der Waals surface area contributed by atoms with E-state index in [1.165, 1.54) is 0 Å². The first-order valence-electron chi connectivity index (χ1n) is 10.4. The van der Waals surface area contributed by atoms with E-state index in [-0.39, 0.29) is 0 Å². The minimum absolute atomic E-state index is 0.589. The molecular formula is C24H40O2Si2. The molecule has 28 heavy (non-hydrogen) atoms. The minimum Gasteiger partial charge on any atom is -0.358 e. The van der Waals surface area contributed by atoms with Crippen molar-refractivity contribution in [1.29, 1.82) is 0 Å². The van der Waals surface area contributed by atoms with Gasteiger partial charge in [0.15, 0.2) is 11.2 Å². The normalized spacial score (nSPS) is 24.9. The maximum Gasteiger partial charge on any atom is 0.165 e. The number of rotatable bonds is 5. The molecular weight excluding hydrogens is 376 g/mol. The first-order valence-corrected chi connectivity index (χ1v) is 16.1. The second-order valence-electron chi connectivity index (χ2n) is 9.81. The summed E-state index contributed by atoms with van der Waals surface area (Å²) in [4.78, 5) is 0. The maximum absolute atomic E-state index is 5.88. The molecule has 0 radical (unpaired) electrons. The highest BCUT2D eigenvalue weighted by atomic mass is 28.3. The molecule has 0 amide bonds. The molecule has 4 heteroatoms. The van der Waals surface area contributed by atoms with Gasteiger partial charge in [0, 0.05) is 14.2 Å². The van der Waals surface area contributed by atoms with Gasteiger partial charge in [0.2, 0.25) is 0 Å². The van der Waals surface area contributed by atoms with E-state index in [1.807, 2.05) is 24.3 Å². The molecule has 1 aliphatic carbocycles. The van der Waals surface area contributed by atoms with Crippen molar-refractivity contribution in [1.82, 2.24) is 0 Å². The summed E-state index contributed by atoms with van der Waals surface area (Å²) in [5.74, 6) is 6.86. The van der Waals surface area contributed by atoms with Gasteiger partial charge < -0.3 is 9.47 Å². The zero-order chi connectivity index (χ0) is 21.8. The third-order valence-electron chi connectivity index (χ3n) is 5.81. The molecule has 0 heterocycles. The Labute approximate surface area is 176 Å². The molecule has 0 aromatic heterocycles.